The lowest BCUT2D eigenvalue weighted by atomic mass is 10.3. The Labute approximate surface area is 70.3 Å². The largest absolute Gasteiger partial charge is 0.241 e. The molecular formula is C8H8N2S. The van der Waals surface area contributed by atoms with Crippen molar-refractivity contribution in [2.24, 2.45) is 0 Å². The lowest BCUT2D eigenvalue weighted by Gasteiger charge is -1.98. The van der Waals surface area contributed by atoms with E-state index >= 15 is 0 Å². The zero-order chi connectivity index (χ0) is 7.68. The quantitative estimate of drug-likeness (QED) is 0.636. The smallest absolute Gasteiger partial charge is 0.0686 e. The molecule has 0 fully saturated rings. The van der Waals surface area contributed by atoms with Gasteiger partial charge in [-0.05, 0) is 23.8 Å². The van der Waals surface area contributed by atoms with Gasteiger partial charge in [0.25, 0.3) is 0 Å². The highest BCUT2D eigenvalue weighted by Crippen LogP contribution is 2.11. The molecule has 56 valence electrons. The molecule has 3 heteroatoms. The number of thiol groups is 1. The molecule has 0 atom stereocenters. The van der Waals surface area contributed by atoms with Gasteiger partial charge in [-0.15, -0.1) is 0 Å². The Hall–Kier alpha value is -0.960. The van der Waals surface area contributed by atoms with Crippen molar-refractivity contribution in [1.82, 2.24) is 9.61 Å². The summed E-state index contributed by atoms with van der Waals surface area (Å²) in [5, 5.41) is 4.13. The molecule has 0 aliphatic rings. The van der Waals surface area contributed by atoms with Crippen LogP contribution in [0.15, 0.2) is 30.6 Å². The van der Waals surface area contributed by atoms with Crippen molar-refractivity contribution in [2.75, 3.05) is 0 Å². The Morgan fingerprint density at radius 3 is 3.18 bits per heavy atom. The first kappa shape index (κ1) is 6.73. The average molecular weight is 164 g/mol. The van der Waals surface area contributed by atoms with E-state index in [0.717, 1.165) is 11.3 Å². The topological polar surface area (TPSA) is 17.3 Å². The van der Waals surface area contributed by atoms with Crippen LogP contribution in [0.3, 0.4) is 0 Å². The highest BCUT2D eigenvalue weighted by Gasteiger charge is 1.97. The Kier molecular flexibility index (Phi) is 1.58. The van der Waals surface area contributed by atoms with Gasteiger partial charge in [-0.1, -0.05) is 0 Å². The minimum absolute atomic E-state index is 0.760. The maximum absolute atomic E-state index is 4.22. The molecule has 2 aromatic heterocycles. The summed E-state index contributed by atoms with van der Waals surface area (Å²) in [5.41, 5.74) is 2.36. The third-order valence-corrected chi connectivity index (χ3v) is 2.04. The second-order valence-corrected chi connectivity index (χ2v) is 2.67. The SMILES string of the molecule is SCc1ccnn2cccc12. The monoisotopic (exact) mass is 164 g/mol. The van der Waals surface area contributed by atoms with E-state index in [0.29, 0.717) is 0 Å². The van der Waals surface area contributed by atoms with Gasteiger partial charge in [0.1, 0.15) is 0 Å². The number of aromatic nitrogens is 2. The van der Waals surface area contributed by atoms with Crippen molar-refractivity contribution < 1.29 is 0 Å². The van der Waals surface area contributed by atoms with Crippen molar-refractivity contribution in [1.29, 1.82) is 0 Å². The molecule has 0 saturated carbocycles. The van der Waals surface area contributed by atoms with E-state index in [1.165, 1.54) is 5.56 Å². The Morgan fingerprint density at radius 1 is 1.45 bits per heavy atom. The maximum atomic E-state index is 4.22. The number of hydrogen-bond donors (Lipinski definition) is 1. The van der Waals surface area contributed by atoms with E-state index in [9.17, 15) is 0 Å². The molecule has 11 heavy (non-hydrogen) atoms. The molecule has 2 aromatic rings. The van der Waals surface area contributed by atoms with Gasteiger partial charge in [0.05, 0.1) is 5.52 Å². The highest BCUT2D eigenvalue weighted by molar-refractivity contribution is 7.79. The number of nitrogens with zero attached hydrogens (tertiary/aromatic N) is 2. The summed E-state index contributed by atoms with van der Waals surface area (Å²) in [5.74, 6) is 0.760. The van der Waals surface area contributed by atoms with Crippen LogP contribution >= 0.6 is 12.6 Å². The standard InChI is InChI=1S/C8H8N2S/c11-6-7-3-4-9-10-5-1-2-8(7)10/h1-5,11H,6H2. The molecule has 2 rings (SSSR count). The molecule has 0 unspecified atom stereocenters. The number of fused-ring (bicyclic) bond motifs is 1. The first-order chi connectivity index (χ1) is 5.42. The number of rotatable bonds is 1. The summed E-state index contributed by atoms with van der Waals surface area (Å²) in [6.07, 6.45) is 3.72. The zero-order valence-corrected chi connectivity index (χ0v) is 6.83. The van der Waals surface area contributed by atoms with Crippen LogP contribution in [0, 0.1) is 0 Å². The lowest BCUT2D eigenvalue weighted by Crippen LogP contribution is -1.91. The van der Waals surface area contributed by atoms with Crippen molar-refractivity contribution >= 4 is 18.1 Å². The fourth-order valence-electron chi connectivity index (χ4n) is 1.14. The molecule has 0 amide bonds. The molecule has 0 spiro atoms. The Balaban J connectivity index is 2.79. The second-order valence-electron chi connectivity index (χ2n) is 2.35. The highest BCUT2D eigenvalue weighted by atomic mass is 32.1. The van der Waals surface area contributed by atoms with E-state index in [4.69, 9.17) is 0 Å². The molecule has 0 aromatic carbocycles. The van der Waals surface area contributed by atoms with Gasteiger partial charge in [-0.25, -0.2) is 4.52 Å². The maximum Gasteiger partial charge on any atom is 0.0686 e. The second kappa shape index (κ2) is 2.58. The zero-order valence-electron chi connectivity index (χ0n) is 5.94. The summed E-state index contributed by atoms with van der Waals surface area (Å²) < 4.78 is 1.85. The minimum Gasteiger partial charge on any atom is -0.241 e. The molecule has 0 bridgehead atoms. The van der Waals surface area contributed by atoms with E-state index in [-0.39, 0.29) is 0 Å². The van der Waals surface area contributed by atoms with Crippen LogP contribution in [-0.2, 0) is 5.75 Å². The van der Waals surface area contributed by atoms with Crippen molar-refractivity contribution in [3.63, 3.8) is 0 Å². The molecule has 0 N–H and O–H groups in total. The van der Waals surface area contributed by atoms with Crippen LogP contribution < -0.4 is 0 Å². The van der Waals surface area contributed by atoms with Gasteiger partial charge in [0.2, 0.25) is 0 Å². The predicted octanol–water partition coefficient (Wildman–Crippen LogP) is 1.76. The van der Waals surface area contributed by atoms with Crippen molar-refractivity contribution in [2.45, 2.75) is 5.75 Å². The summed E-state index contributed by atoms with van der Waals surface area (Å²) in [6, 6.07) is 6.01. The minimum atomic E-state index is 0.760. The predicted molar refractivity (Wildman–Crippen MR) is 47.9 cm³/mol. The van der Waals surface area contributed by atoms with Gasteiger partial charge in [-0.2, -0.15) is 17.7 Å². The Bertz CT molecular complexity index is 367. The van der Waals surface area contributed by atoms with Gasteiger partial charge in [-0.3, -0.25) is 0 Å². The first-order valence-corrected chi connectivity index (χ1v) is 4.07. The van der Waals surface area contributed by atoms with Crippen LogP contribution in [-0.4, -0.2) is 9.61 Å². The third-order valence-electron chi connectivity index (χ3n) is 1.69. The van der Waals surface area contributed by atoms with Gasteiger partial charge >= 0.3 is 0 Å². The third kappa shape index (κ3) is 1.01. The van der Waals surface area contributed by atoms with Crippen LogP contribution in [0.4, 0.5) is 0 Å². The molecule has 0 aliphatic carbocycles. The average Bonchev–Trinajstić information content (AvgIpc) is 2.50. The van der Waals surface area contributed by atoms with Gasteiger partial charge < -0.3 is 0 Å². The molecule has 0 saturated heterocycles. The summed E-state index contributed by atoms with van der Waals surface area (Å²) in [4.78, 5) is 0. The van der Waals surface area contributed by atoms with Gasteiger partial charge in [0, 0.05) is 18.1 Å². The molecular weight excluding hydrogens is 156 g/mol. The fraction of sp³-hybridized carbons (Fsp3) is 0.125. The van der Waals surface area contributed by atoms with Gasteiger partial charge in [0.15, 0.2) is 0 Å². The molecule has 2 nitrogen and oxygen atoms in total. The van der Waals surface area contributed by atoms with Crippen molar-refractivity contribution in [3.8, 4) is 0 Å². The first-order valence-electron chi connectivity index (χ1n) is 3.44. The molecule has 0 radical (unpaired) electrons. The van der Waals surface area contributed by atoms with Crippen LogP contribution in [0.25, 0.3) is 5.52 Å². The van der Waals surface area contributed by atoms with E-state index in [1.807, 2.05) is 28.9 Å². The van der Waals surface area contributed by atoms with Crippen molar-refractivity contribution in [3.05, 3.63) is 36.2 Å². The fourth-order valence-corrected chi connectivity index (χ4v) is 1.41. The molecule has 2 heterocycles. The van der Waals surface area contributed by atoms with Crippen LogP contribution in [0.2, 0.25) is 0 Å². The summed E-state index contributed by atoms with van der Waals surface area (Å²) in [7, 11) is 0. The number of hydrogen-bond acceptors (Lipinski definition) is 2. The normalized spacial score (nSPS) is 10.6. The molecule has 0 aliphatic heterocycles. The van der Waals surface area contributed by atoms with E-state index < -0.39 is 0 Å². The Morgan fingerprint density at radius 2 is 2.36 bits per heavy atom. The van der Waals surface area contributed by atoms with E-state index in [2.05, 4.69) is 17.7 Å². The van der Waals surface area contributed by atoms with Crippen LogP contribution in [0.5, 0.6) is 0 Å². The summed E-state index contributed by atoms with van der Waals surface area (Å²) >= 11 is 4.22. The van der Waals surface area contributed by atoms with E-state index in [1.54, 1.807) is 6.20 Å². The lowest BCUT2D eigenvalue weighted by molar-refractivity contribution is 0.932. The van der Waals surface area contributed by atoms with Crippen LogP contribution in [0.1, 0.15) is 5.56 Å². The summed E-state index contributed by atoms with van der Waals surface area (Å²) in [6.45, 7) is 0.